The Kier molecular flexibility index (Phi) is 3.83. The first-order chi connectivity index (χ1) is 10.1. The van der Waals surface area contributed by atoms with Crippen LogP contribution in [-0.4, -0.2) is 15.8 Å². The highest BCUT2D eigenvalue weighted by Crippen LogP contribution is 2.50. The van der Waals surface area contributed by atoms with Gasteiger partial charge in [-0.15, -0.1) is 0 Å². The van der Waals surface area contributed by atoms with Crippen LogP contribution < -0.4 is 11.3 Å². The number of nitrogens with one attached hydrogen (secondary N) is 1. The smallest absolute Gasteiger partial charge is 0.0628 e. The van der Waals surface area contributed by atoms with Gasteiger partial charge in [0.1, 0.15) is 0 Å². The molecule has 21 heavy (non-hydrogen) atoms. The van der Waals surface area contributed by atoms with Crippen LogP contribution in [0, 0.1) is 19.8 Å². The molecule has 112 valence electrons. The molecule has 0 amide bonds. The van der Waals surface area contributed by atoms with Gasteiger partial charge in [0.2, 0.25) is 0 Å². The number of aromatic nitrogens is 2. The average Bonchev–Trinajstić information content (AvgIpc) is 3.24. The molecule has 0 bridgehead atoms. The molecule has 1 aromatic heterocycles. The summed E-state index contributed by atoms with van der Waals surface area (Å²) in [5.41, 5.74) is 8.16. The van der Waals surface area contributed by atoms with Gasteiger partial charge in [-0.1, -0.05) is 30.3 Å². The van der Waals surface area contributed by atoms with Crippen molar-refractivity contribution >= 4 is 0 Å². The van der Waals surface area contributed by atoms with Crippen molar-refractivity contribution in [1.82, 2.24) is 15.2 Å². The maximum Gasteiger partial charge on any atom is 0.0628 e. The van der Waals surface area contributed by atoms with Gasteiger partial charge in [-0.05, 0) is 49.7 Å². The number of hydrogen-bond donors (Lipinski definition) is 2. The van der Waals surface area contributed by atoms with Crippen LogP contribution in [0.4, 0.5) is 0 Å². The van der Waals surface area contributed by atoms with E-state index in [4.69, 9.17) is 5.84 Å². The predicted molar refractivity (Wildman–Crippen MR) is 84.8 cm³/mol. The average molecular weight is 284 g/mol. The molecule has 1 fully saturated rings. The van der Waals surface area contributed by atoms with Gasteiger partial charge in [0.25, 0.3) is 0 Å². The second kappa shape index (κ2) is 5.62. The second-order valence-electron chi connectivity index (χ2n) is 6.17. The monoisotopic (exact) mass is 284 g/mol. The molecule has 0 radical (unpaired) electrons. The van der Waals surface area contributed by atoms with E-state index in [1.54, 1.807) is 0 Å². The zero-order chi connectivity index (χ0) is 15.0. The van der Waals surface area contributed by atoms with Crippen LogP contribution in [0.3, 0.4) is 0 Å². The fraction of sp³-hybridized carbons (Fsp3) is 0.471. The van der Waals surface area contributed by atoms with E-state index in [-0.39, 0.29) is 0 Å². The summed E-state index contributed by atoms with van der Waals surface area (Å²) in [6, 6.07) is 11.1. The Morgan fingerprint density at radius 1 is 1.33 bits per heavy atom. The van der Waals surface area contributed by atoms with Crippen molar-refractivity contribution < 1.29 is 0 Å². The Morgan fingerprint density at radius 3 is 2.62 bits per heavy atom. The van der Waals surface area contributed by atoms with Crippen LogP contribution in [0.25, 0.3) is 0 Å². The van der Waals surface area contributed by atoms with E-state index in [2.05, 4.69) is 54.7 Å². The zero-order valence-corrected chi connectivity index (χ0v) is 13.0. The van der Waals surface area contributed by atoms with E-state index in [9.17, 15) is 0 Å². The van der Waals surface area contributed by atoms with Crippen molar-refractivity contribution in [3.8, 4) is 0 Å². The van der Waals surface area contributed by atoms with Gasteiger partial charge in [-0.3, -0.25) is 16.0 Å². The number of nitrogens with two attached hydrogens (primary N) is 1. The van der Waals surface area contributed by atoms with Crippen molar-refractivity contribution in [2.75, 3.05) is 0 Å². The van der Waals surface area contributed by atoms with Gasteiger partial charge < -0.3 is 0 Å². The first kappa shape index (κ1) is 14.3. The SMILES string of the molecule is Cc1nn(C)c(C)c1CC(NN)C1CC1c1ccccc1. The molecular weight excluding hydrogens is 260 g/mol. The molecule has 1 heterocycles. The molecule has 3 unspecified atom stereocenters. The van der Waals surface area contributed by atoms with Gasteiger partial charge in [-0.2, -0.15) is 5.10 Å². The summed E-state index contributed by atoms with van der Waals surface area (Å²) in [5, 5.41) is 4.50. The first-order valence-corrected chi connectivity index (χ1v) is 7.62. The van der Waals surface area contributed by atoms with Crippen LogP contribution in [0.15, 0.2) is 30.3 Å². The van der Waals surface area contributed by atoms with Crippen LogP contribution in [-0.2, 0) is 13.5 Å². The summed E-state index contributed by atoms with van der Waals surface area (Å²) in [6.45, 7) is 4.21. The van der Waals surface area contributed by atoms with Crippen LogP contribution >= 0.6 is 0 Å². The van der Waals surface area contributed by atoms with Gasteiger partial charge >= 0.3 is 0 Å². The number of rotatable bonds is 5. The topological polar surface area (TPSA) is 55.9 Å². The molecule has 3 rings (SSSR count). The molecule has 1 aromatic carbocycles. The fourth-order valence-electron chi connectivity index (χ4n) is 3.41. The second-order valence-corrected chi connectivity index (χ2v) is 6.17. The summed E-state index contributed by atoms with van der Waals surface area (Å²) >= 11 is 0. The third-order valence-electron chi connectivity index (χ3n) is 4.88. The number of nitrogens with zero attached hydrogens (tertiary/aromatic N) is 2. The first-order valence-electron chi connectivity index (χ1n) is 7.62. The van der Waals surface area contributed by atoms with Crippen molar-refractivity contribution in [3.05, 3.63) is 52.8 Å². The minimum Gasteiger partial charge on any atom is -0.272 e. The maximum absolute atomic E-state index is 5.83. The van der Waals surface area contributed by atoms with Gasteiger partial charge in [-0.25, -0.2) is 0 Å². The molecule has 1 aliphatic carbocycles. The highest BCUT2D eigenvalue weighted by Gasteiger charge is 2.43. The zero-order valence-electron chi connectivity index (χ0n) is 13.0. The Bertz CT molecular complexity index is 617. The lowest BCUT2D eigenvalue weighted by Crippen LogP contribution is -2.39. The lowest BCUT2D eigenvalue weighted by atomic mass is 9.98. The van der Waals surface area contributed by atoms with Crippen molar-refractivity contribution in [2.45, 2.75) is 38.6 Å². The Morgan fingerprint density at radius 2 is 2.05 bits per heavy atom. The molecule has 0 saturated heterocycles. The largest absolute Gasteiger partial charge is 0.272 e. The van der Waals surface area contributed by atoms with Crippen LogP contribution in [0.2, 0.25) is 0 Å². The standard InChI is InChI=1S/C17H24N4/c1-11-14(12(2)21(3)20-11)10-17(19-18)16-9-15(16)13-7-5-4-6-8-13/h4-8,15-17,19H,9-10,18H2,1-3H3. The van der Waals surface area contributed by atoms with Crippen molar-refractivity contribution in [1.29, 1.82) is 0 Å². The van der Waals surface area contributed by atoms with Gasteiger partial charge in [0.05, 0.1) is 5.69 Å². The van der Waals surface area contributed by atoms with Crippen molar-refractivity contribution in [3.63, 3.8) is 0 Å². The van der Waals surface area contributed by atoms with E-state index in [0.717, 1.165) is 12.1 Å². The van der Waals surface area contributed by atoms with Gasteiger partial charge in [0, 0.05) is 18.8 Å². The number of aryl methyl sites for hydroxylation is 2. The number of benzene rings is 1. The minimum absolute atomic E-state index is 0.316. The maximum atomic E-state index is 5.83. The fourth-order valence-corrected chi connectivity index (χ4v) is 3.41. The molecule has 0 aliphatic heterocycles. The van der Waals surface area contributed by atoms with Crippen LogP contribution in [0.5, 0.6) is 0 Å². The Labute approximate surface area is 126 Å². The lowest BCUT2D eigenvalue weighted by molar-refractivity contribution is 0.463. The number of hydrazine groups is 1. The molecule has 4 nitrogen and oxygen atoms in total. The quantitative estimate of drug-likeness (QED) is 0.654. The van der Waals surface area contributed by atoms with E-state index in [1.807, 2.05) is 11.7 Å². The summed E-state index contributed by atoms with van der Waals surface area (Å²) in [4.78, 5) is 0. The third kappa shape index (κ3) is 2.74. The highest BCUT2D eigenvalue weighted by molar-refractivity contribution is 5.30. The molecule has 4 heteroatoms. The Balaban J connectivity index is 1.73. The normalized spacial score (nSPS) is 22.3. The molecular formula is C17H24N4. The van der Waals surface area contributed by atoms with Crippen molar-refractivity contribution in [2.24, 2.45) is 18.8 Å². The molecule has 1 aliphatic rings. The molecule has 3 N–H and O–H groups in total. The van der Waals surface area contributed by atoms with E-state index in [1.165, 1.54) is 23.2 Å². The summed E-state index contributed by atoms with van der Waals surface area (Å²) in [6.07, 6.45) is 2.17. The third-order valence-corrected chi connectivity index (χ3v) is 4.88. The molecule has 2 aromatic rings. The van der Waals surface area contributed by atoms with E-state index < -0.39 is 0 Å². The van der Waals surface area contributed by atoms with Crippen LogP contribution in [0.1, 0.15) is 34.9 Å². The predicted octanol–water partition coefficient (Wildman–Crippen LogP) is 2.22. The Hall–Kier alpha value is -1.65. The van der Waals surface area contributed by atoms with E-state index >= 15 is 0 Å². The lowest BCUT2D eigenvalue weighted by Gasteiger charge is -2.16. The summed E-state index contributed by atoms with van der Waals surface area (Å²) in [5.74, 6) is 7.10. The summed E-state index contributed by atoms with van der Waals surface area (Å²) in [7, 11) is 2.00. The molecule has 0 spiro atoms. The van der Waals surface area contributed by atoms with Gasteiger partial charge in [0.15, 0.2) is 0 Å². The molecule has 1 saturated carbocycles. The highest BCUT2D eigenvalue weighted by atomic mass is 15.3. The number of hydrogen-bond acceptors (Lipinski definition) is 3. The molecule has 3 atom stereocenters. The van der Waals surface area contributed by atoms with E-state index in [0.29, 0.717) is 17.9 Å². The summed E-state index contributed by atoms with van der Waals surface area (Å²) < 4.78 is 1.96. The minimum atomic E-state index is 0.316.